The Kier molecular flexibility index (Phi) is 7.22. The van der Waals surface area contributed by atoms with Gasteiger partial charge in [-0.25, -0.2) is 14.4 Å². The van der Waals surface area contributed by atoms with Crippen molar-refractivity contribution >= 4 is 23.6 Å². The second kappa shape index (κ2) is 9.14. The van der Waals surface area contributed by atoms with Crippen molar-refractivity contribution in [2.75, 3.05) is 26.1 Å². The molecule has 1 aromatic carbocycles. The number of nitrogens with one attached hydrogen (secondary N) is 1. The van der Waals surface area contributed by atoms with E-state index in [1.807, 2.05) is 0 Å². The highest BCUT2D eigenvalue weighted by Gasteiger charge is 2.15. The summed E-state index contributed by atoms with van der Waals surface area (Å²) in [7, 11) is 2.37. The summed E-state index contributed by atoms with van der Waals surface area (Å²) in [5, 5.41) is 2.74. The Hall–Kier alpha value is -3.09. The van der Waals surface area contributed by atoms with Crippen LogP contribution in [0.2, 0.25) is 0 Å². The highest BCUT2D eigenvalue weighted by atomic mass is 16.5. The molecule has 0 spiro atoms. The quantitative estimate of drug-likeness (QED) is 0.353. The molecule has 0 fully saturated rings. The molecule has 0 saturated heterocycles. The van der Waals surface area contributed by atoms with Crippen molar-refractivity contribution in [1.29, 1.82) is 0 Å². The number of hydrogen-bond donors (Lipinski definition) is 1. The minimum atomic E-state index is -0.752. The molecule has 0 heterocycles. The SMILES string of the molecule is C=CCOC(=O)c1cc(C)cc(N/C(=C/C(=O)OC)C(=O)OC)c1. The van der Waals surface area contributed by atoms with Gasteiger partial charge in [0, 0.05) is 5.69 Å². The molecule has 0 unspecified atom stereocenters. The lowest BCUT2D eigenvalue weighted by atomic mass is 10.1. The topological polar surface area (TPSA) is 90.9 Å². The molecule has 1 rings (SSSR count). The molecule has 0 aliphatic heterocycles. The highest BCUT2D eigenvalue weighted by molar-refractivity contribution is 5.99. The summed E-state index contributed by atoms with van der Waals surface area (Å²) in [6.07, 6.45) is 2.42. The fraction of sp³-hybridized carbons (Fsp3) is 0.235. The van der Waals surface area contributed by atoms with E-state index in [-0.39, 0.29) is 12.3 Å². The summed E-state index contributed by atoms with van der Waals surface area (Å²) in [5.41, 5.74) is 1.34. The van der Waals surface area contributed by atoms with Crippen LogP contribution in [0.1, 0.15) is 15.9 Å². The van der Waals surface area contributed by atoms with Gasteiger partial charge < -0.3 is 19.5 Å². The van der Waals surface area contributed by atoms with Crippen LogP contribution >= 0.6 is 0 Å². The molecule has 0 atom stereocenters. The van der Waals surface area contributed by atoms with Gasteiger partial charge in [0.2, 0.25) is 0 Å². The molecular weight excluding hydrogens is 314 g/mol. The van der Waals surface area contributed by atoms with E-state index < -0.39 is 17.9 Å². The van der Waals surface area contributed by atoms with E-state index in [1.54, 1.807) is 19.1 Å². The average molecular weight is 333 g/mol. The first kappa shape index (κ1) is 19.0. The van der Waals surface area contributed by atoms with Crippen molar-refractivity contribution in [3.05, 3.63) is 53.8 Å². The van der Waals surface area contributed by atoms with Crippen LogP contribution in [0.25, 0.3) is 0 Å². The Morgan fingerprint density at radius 1 is 1.17 bits per heavy atom. The van der Waals surface area contributed by atoms with E-state index in [0.29, 0.717) is 11.3 Å². The zero-order chi connectivity index (χ0) is 18.1. The van der Waals surface area contributed by atoms with Crippen LogP contribution in [0.5, 0.6) is 0 Å². The first-order chi connectivity index (χ1) is 11.4. The average Bonchev–Trinajstić information content (AvgIpc) is 2.57. The number of ether oxygens (including phenoxy) is 3. The van der Waals surface area contributed by atoms with Crippen molar-refractivity contribution in [3.8, 4) is 0 Å². The van der Waals surface area contributed by atoms with E-state index in [9.17, 15) is 14.4 Å². The number of anilines is 1. The van der Waals surface area contributed by atoms with Crippen LogP contribution in [0.3, 0.4) is 0 Å². The standard InChI is InChI=1S/C17H19NO6/c1-5-6-24-16(20)12-7-11(2)8-13(9-12)18-14(17(21)23-4)10-15(19)22-3/h5,7-10,18H,1,6H2,2-4H3/b14-10+. The first-order valence-corrected chi connectivity index (χ1v) is 6.96. The van der Waals surface area contributed by atoms with Gasteiger partial charge in [-0.2, -0.15) is 0 Å². The number of carbonyl (C=O) groups excluding carboxylic acids is 3. The molecule has 0 amide bonds. The van der Waals surface area contributed by atoms with Gasteiger partial charge in [-0.15, -0.1) is 0 Å². The summed E-state index contributed by atoms with van der Waals surface area (Å²) in [6, 6.07) is 4.82. The Balaban J connectivity index is 3.11. The van der Waals surface area contributed by atoms with E-state index in [1.165, 1.54) is 26.4 Å². The van der Waals surface area contributed by atoms with E-state index in [2.05, 4.69) is 21.4 Å². The molecule has 1 N–H and O–H groups in total. The summed E-state index contributed by atoms with van der Waals surface area (Å²) >= 11 is 0. The van der Waals surface area contributed by atoms with Gasteiger partial charge in [-0.1, -0.05) is 12.7 Å². The molecule has 0 saturated carbocycles. The van der Waals surface area contributed by atoms with Crippen molar-refractivity contribution in [3.63, 3.8) is 0 Å². The molecule has 0 aliphatic carbocycles. The van der Waals surface area contributed by atoms with Crippen LogP contribution in [0.4, 0.5) is 5.69 Å². The van der Waals surface area contributed by atoms with E-state index in [0.717, 1.165) is 11.6 Å². The molecule has 1 aromatic rings. The molecule has 7 nitrogen and oxygen atoms in total. The number of aryl methyl sites for hydroxylation is 1. The Labute approximate surface area is 139 Å². The van der Waals surface area contributed by atoms with Crippen molar-refractivity contribution < 1.29 is 28.6 Å². The van der Waals surface area contributed by atoms with Crippen LogP contribution < -0.4 is 5.32 Å². The van der Waals surface area contributed by atoms with Crippen molar-refractivity contribution in [2.24, 2.45) is 0 Å². The smallest absolute Gasteiger partial charge is 0.354 e. The van der Waals surface area contributed by atoms with Crippen molar-refractivity contribution in [1.82, 2.24) is 0 Å². The predicted molar refractivity (Wildman–Crippen MR) is 87.4 cm³/mol. The minimum absolute atomic E-state index is 0.0885. The lowest BCUT2D eigenvalue weighted by molar-refractivity contribution is -0.138. The third-order valence-electron chi connectivity index (χ3n) is 2.79. The molecular formula is C17H19NO6. The number of carbonyl (C=O) groups is 3. The second-order valence-electron chi connectivity index (χ2n) is 4.67. The summed E-state index contributed by atoms with van der Waals surface area (Å²) in [5.74, 6) is -2.00. The second-order valence-corrected chi connectivity index (χ2v) is 4.67. The highest BCUT2D eigenvalue weighted by Crippen LogP contribution is 2.18. The maximum atomic E-state index is 11.9. The summed E-state index contributed by atoms with van der Waals surface area (Å²) in [6.45, 7) is 5.34. The Morgan fingerprint density at radius 2 is 1.88 bits per heavy atom. The molecule has 7 heteroatoms. The number of rotatable bonds is 7. The minimum Gasteiger partial charge on any atom is -0.466 e. The van der Waals surface area contributed by atoms with Crippen LogP contribution in [-0.4, -0.2) is 38.7 Å². The van der Waals surface area contributed by atoms with Gasteiger partial charge in [-0.05, 0) is 30.7 Å². The fourth-order valence-corrected chi connectivity index (χ4v) is 1.78. The lowest BCUT2D eigenvalue weighted by Gasteiger charge is -2.11. The molecule has 0 bridgehead atoms. The zero-order valence-electron chi connectivity index (χ0n) is 13.8. The van der Waals surface area contributed by atoms with Gasteiger partial charge in [0.25, 0.3) is 0 Å². The van der Waals surface area contributed by atoms with Crippen LogP contribution in [0.15, 0.2) is 42.6 Å². The van der Waals surface area contributed by atoms with Gasteiger partial charge in [0.15, 0.2) is 0 Å². The van der Waals surface area contributed by atoms with E-state index in [4.69, 9.17) is 4.74 Å². The third-order valence-corrected chi connectivity index (χ3v) is 2.79. The van der Waals surface area contributed by atoms with Gasteiger partial charge in [0.1, 0.15) is 12.3 Å². The molecule has 0 aromatic heterocycles. The number of methoxy groups -OCH3 is 2. The van der Waals surface area contributed by atoms with Gasteiger partial charge in [-0.3, -0.25) is 0 Å². The number of benzene rings is 1. The normalized spacial score (nSPS) is 10.5. The Morgan fingerprint density at radius 3 is 2.46 bits per heavy atom. The number of hydrogen-bond acceptors (Lipinski definition) is 7. The number of esters is 3. The van der Waals surface area contributed by atoms with Crippen molar-refractivity contribution in [2.45, 2.75) is 6.92 Å². The third kappa shape index (κ3) is 5.60. The predicted octanol–water partition coefficient (Wildman–Crippen LogP) is 1.98. The lowest BCUT2D eigenvalue weighted by Crippen LogP contribution is -2.16. The molecule has 128 valence electrons. The zero-order valence-corrected chi connectivity index (χ0v) is 13.8. The monoisotopic (exact) mass is 333 g/mol. The van der Waals surface area contributed by atoms with Gasteiger partial charge >= 0.3 is 17.9 Å². The summed E-state index contributed by atoms with van der Waals surface area (Å²) < 4.78 is 14.1. The molecule has 24 heavy (non-hydrogen) atoms. The first-order valence-electron chi connectivity index (χ1n) is 6.96. The summed E-state index contributed by atoms with van der Waals surface area (Å²) in [4.78, 5) is 35.0. The van der Waals surface area contributed by atoms with Crippen LogP contribution in [-0.2, 0) is 23.8 Å². The fourth-order valence-electron chi connectivity index (χ4n) is 1.78. The van der Waals surface area contributed by atoms with Gasteiger partial charge in [0.05, 0.1) is 25.9 Å². The maximum Gasteiger partial charge on any atom is 0.354 e. The Bertz CT molecular complexity index is 678. The largest absolute Gasteiger partial charge is 0.466 e. The maximum absolute atomic E-state index is 11.9. The molecule has 0 radical (unpaired) electrons. The van der Waals surface area contributed by atoms with Crippen LogP contribution in [0, 0.1) is 6.92 Å². The van der Waals surface area contributed by atoms with E-state index >= 15 is 0 Å². The molecule has 0 aliphatic rings.